The third kappa shape index (κ3) is 1.90. The Morgan fingerprint density at radius 1 is 1.21 bits per heavy atom. The lowest BCUT2D eigenvalue weighted by Gasteiger charge is -2.04. The number of rotatable bonds is 4. The molecule has 0 fully saturated rings. The molecule has 0 amide bonds. The standard InChI is InChI=1S/C12H15NO/c1-2-3-6-14-12-5-4-10-8-13-9-11(10)7-12/h4-5,7-9,13H,2-3,6H2,1H3. The van der Waals surface area contributed by atoms with E-state index in [4.69, 9.17) is 4.74 Å². The maximum atomic E-state index is 5.61. The van der Waals surface area contributed by atoms with Crippen molar-refractivity contribution >= 4 is 10.8 Å². The number of H-pyrrole nitrogens is 1. The van der Waals surface area contributed by atoms with Crippen molar-refractivity contribution in [2.45, 2.75) is 19.8 Å². The molecule has 14 heavy (non-hydrogen) atoms. The van der Waals surface area contributed by atoms with Crippen molar-refractivity contribution in [1.82, 2.24) is 4.98 Å². The Kier molecular flexibility index (Phi) is 2.73. The van der Waals surface area contributed by atoms with Gasteiger partial charge < -0.3 is 9.72 Å². The summed E-state index contributed by atoms with van der Waals surface area (Å²) in [6.45, 7) is 2.98. The van der Waals surface area contributed by atoms with Crippen LogP contribution in [0.2, 0.25) is 0 Å². The molecule has 74 valence electrons. The first kappa shape index (κ1) is 9.13. The molecule has 0 atom stereocenters. The van der Waals surface area contributed by atoms with Crippen molar-refractivity contribution in [3.05, 3.63) is 30.6 Å². The van der Waals surface area contributed by atoms with Crippen LogP contribution in [0.15, 0.2) is 30.6 Å². The van der Waals surface area contributed by atoms with Crippen LogP contribution in [0.1, 0.15) is 19.8 Å². The second kappa shape index (κ2) is 4.18. The van der Waals surface area contributed by atoms with Crippen molar-refractivity contribution in [3.8, 4) is 5.75 Å². The second-order valence-corrected chi connectivity index (χ2v) is 3.45. The predicted molar refractivity (Wildman–Crippen MR) is 58.7 cm³/mol. The summed E-state index contributed by atoms with van der Waals surface area (Å²) in [5, 5.41) is 2.44. The molecule has 1 aromatic heterocycles. The second-order valence-electron chi connectivity index (χ2n) is 3.45. The van der Waals surface area contributed by atoms with Crippen LogP contribution in [0.4, 0.5) is 0 Å². The molecule has 0 saturated heterocycles. The summed E-state index contributed by atoms with van der Waals surface area (Å²) in [6.07, 6.45) is 6.27. The van der Waals surface area contributed by atoms with Gasteiger partial charge in [0.15, 0.2) is 0 Å². The Bertz CT molecular complexity index is 405. The Hall–Kier alpha value is -1.44. The fourth-order valence-corrected chi connectivity index (χ4v) is 1.45. The summed E-state index contributed by atoms with van der Waals surface area (Å²) in [4.78, 5) is 3.08. The monoisotopic (exact) mass is 189 g/mol. The lowest BCUT2D eigenvalue weighted by Crippen LogP contribution is -1.95. The molecule has 0 unspecified atom stereocenters. The van der Waals surface area contributed by atoms with Crippen LogP contribution in [-0.4, -0.2) is 11.6 Å². The molecule has 0 aliphatic carbocycles. The Morgan fingerprint density at radius 2 is 2.07 bits per heavy atom. The van der Waals surface area contributed by atoms with Crippen LogP contribution in [0, 0.1) is 0 Å². The quantitative estimate of drug-likeness (QED) is 0.733. The van der Waals surface area contributed by atoms with Crippen LogP contribution in [0.25, 0.3) is 10.8 Å². The van der Waals surface area contributed by atoms with E-state index in [1.54, 1.807) is 0 Å². The number of benzene rings is 1. The van der Waals surface area contributed by atoms with E-state index >= 15 is 0 Å². The number of aromatic nitrogens is 1. The van der Waals surface area contributed by atoms with Gasteiger partial charge in [-0.3, -0.25) is 0 Å². The zero-order chi connectivity index (χ0) is 9.80. The summed E-state index contributed by atoms with van der Waals surface area (Å²) >= 11 is 0. The first-order chi connectivity index (χ1) is 6.90. The zero-order valence-electron chi connectivity index (χ0n) is 8.42. The topological polar surface area (TPSA) is 25.0 Å². The van der Waals surface area contributed by atoms with E-state index < -0.39 is 0 Å². The number of hydrogen-bond acceptors (Lipinski definition) is 1. The lowest BCUT2D eigenvalue weighted by molar-refractivity contribution is 0.310. The molecule has 0 spiro atoms. The summed E-state index contributed by atoms with van der Waals surface area (Å²) in [5.74, 6) is 0.963. The smallest absolute Gasteiger partial charge is 0.119 e. The van der Waals surface area contributed by atoms with Gasteiger partial charge in [-0.25, -0.2) is 0 Å². The van der Waals surface area contributed by atoms with E-state index in [9.17, 15) is 0 Å². The van der Waals surface area contributed by atoms with Crippen LogP contribution >= 0.6 is 0 Å². The fourth-order valence-electron chi connectivity index (χ4n) is 1.45. The normalized spacial score (nSPS) is 10.6. The highest BCUT2D eigenvalue weighted by Crippen LogP contribution is 2.20. The van der Waals surface area contributed by atoms with Gasteiger partial charge in [0.1, 0.15) is 5.75 Å². The minimum atomic E-state index is 0.812. The van der Waals surface area contributed by atoms with Crippen molar-refractivity contribution in [1.29, 1.82) is 0 Å². The highest BCUT2D eigenvalue weighted by molar-refractivity contribution is 5.83. The third-order valence-electron chi connectivity index (χ3n) is 2.30. The fraction of sp³-hybridized carbons (Fsp3) is 0.333. The Morgan fingerprint density at radius 3 is 2.93 bits per heavy atom. The van der Waals surface area contributed by atoms with Crippen LogP contribution in [-0.2, 0) is 0 Å². The Labute approximate surface area is 83.9 Å². The van der Waals surface area contributed by atoms with Gasteiger partial charge in [-0.2, -0.15) is 0 Å². The van der Waals surface area contributed by atoms with Crippen LogP contribution < -0.4 is 4.74 Å². The molecule has 1 N–H and O–H groups in total. The third-order valence-corrected chi connectivity index (χ3v) is 2.30. The maximum Gasteiger partial charge on any atom is 0.119 e. The highest BCUT2D eigenvalue weighted by Gasteiger charge is 1.97. The number of ether oxygens (including phenoxy) is 1. The summed E-state index contributed by atoms with van der Waals surface area (Å²) in [5.41, 5.74) is 0. The molecule has 0 aliphatic rings. The van der Waals surface area contributed by atoms with Gasteiger partial charge in [0.25, 0.3) is 0 Å². The van der Waals surface area contributed by atoms with Crippen molar-refractivity contribution in [3.63, 3.8) is 0 Å². The largest absolute Gasteiger partial charge is 0.494 e. The molecule has 0 saturated carbocycles. The zero-order valence-corrected chi connectivity index (χ0v) is 8.42. The molecule has 0 bridgehead atoms. The molecule has 2 nitrogen and oxygen atoms in total. The summed E-state index contributed by atoms with van der Waals surface area (Å²) < 4.78 is 5.61. The highest BCUT2D eigenvalue weighted by atomic mass is 16.5. The molecule has 0 radical (unpaired) electrons. The van der Waals surface area contributed by atoms with Gasteiger partial charge in [-0.05, 0) is 30.0 Å². The van der Waals surface area contributed by atoms with E-state index in [-0.39, 0.29) is 0 Å². The van der Waals surface area contributed by atoms with Gasteiger partial charge in [-0.15, -0.1) is 0 Å². The maximum absolute atomic E-state index is 5.61. The molecule has 2 rings (SSSR count). The predicted octanol–water partition coefficient (Wildman–Crippen LogP) is 3.35. The Balaban J connectivity index is 2.10. The number of aromatic amines is 1. The first-order valence-electron chi connectivity index (χ1n) is 5.09. The lowest BCUT2D eigenvalue weighted by atomic mass is 10.2. The van der Waals surface area contributed by atoms with Gasteiger partial charge in [0.2, 0.25) is 0 Å². The van der Waals surface area contributed by atoms with Gasteiger partial charge in [-0.1, -0.05) is 13.3 Å². The average Bonchev–Trinajstić information content (AvgIpc) is 2.65. The van der Waals surface area contributed by atoms with Gasteiger partial charge in [0, 0.05) is 17.8 Å². The molecular formula is C12H15NO. The molecule has 2 heteroatoms. The molecule has 2 aromatic rings. The minimum Gasteiger partial charge on any atom is -0.494 e. The van der Waals surface area contributed by atoms with E-state index in [0.29, 0.717) is 0 Å². The number of unbranched alkanes of at least 4 members (excludes halogenated alkanes) is 1. The molecule has 1 heterocycles. The summed E-state index contributed by atoms with van der Waals surface area (Å²) in [6, 6.07) is 6.17. The molecule has 1 aromatic carbocycles. The van der Waals surface area contributed by atoms with Crippen molar-refractivity contribution in [2.75, 3.05) is 6.61 Å². The average molecular weight is 189 g/mol. The van der Waals surface area contributed by atoms with E-state index in [0.717, 1.165) is 18.8 Å². The molecular weight excluding hydrogens is 174 g/mol. The SMILES string of the molecule is CCCCOc1ccc2c[nH]cc2c1. The van der Waals surface area contributed by atoms with Crippen molar-refractivity contribution < 1.29 is 4.74 Å². The van der Waals surface area contributed by atoms with E-state index in [1.165, 1.54) is 17.2 Å². The molecule has 0 aliphatic heterocycles. The van der Waals surface area contributed by atoms with Gasteiger partial charge in [0.05, 0.1) is 6.61 Å². The number of nitrogens with one attached hydrogen (secondary N) is 1. The van der Waals surface area contributed by atoms with E-state index in [2.05, 4.69) is 24.0 Å². The van der Waals surface area contributed by atoms with Crippen LogP contribution in [0.5, 0.6) is 5.75 Å². The number of hydrogen-bond donors (Lipinski definition) is 1. The van der Waals surface area contributed by atoms with Crippen LogP contribution in [0.3, 0.4) is 0 Å². The summed E-state index contributed by atoms with van der Waals surface area (Å²) in [7, 11) is 0. The van der Waals surface area contributed by atoms with Gasteiger partial charge >= 0.3 is 0 Å². The number of fused-ring (bicyclic) bond motifs is 1. The van der Waals surface area contributed by atoms with E-state index in [1.807, 2.05) is 18.5 Å². The van der Waals surface area contributed by atoms with Crippen molar-refractivity contribution in [2.24, 2.45) is 0 Å². The first-order valence-corrected chi connectivity index (χ1v) is 5.09. The minimum absolute atomic E-state index is 0.812.